The van der Waals surface area contributed by atoms with Crippen LogP contribution in [0.1, 0.15) is 22.8 Å². The molecule has 1 atom stereocenters. The van der Waals surface area contributed by atoms with E-state index >= 15 is 0 Å². The Morgan fingerprint density at radius 3 is 2.30 bits per heavy atom. The molecule has 4 rings (SSSR count). The highest BCUT2D eigenvalue weighted by atomic mass is 32.2. The van der Waals surface area contributed by atoms with Gasteiger partial charge < -0.3 is 15.0 Å². The third kappa shape index (κ3) is 4.53. The molecule has 0 bridgehead atoms. The van der Waals surface area contributed by atoms with Gasteiger partial charge >= 0.3 is 6.18 Å². The Bertz CT molecular complexity index is 1190. The number of anilines is 1. The molecule has 0 aromatic heterocycles. The molecule has 0 aliphatic carbocycles. The second kappa shape index (κ2) is 8.34. The van der Waals surface area contributed by atoms with E-state index in [1.54, 1.807) is 6.92 Å². The maximum absolute atomic E-state index is 13.1. The molecule has 8 nitrogen and oxygen atoms in total. The number of ether oxygens (including phenoxy) is 1. The number of nitrogens with zero attached hydrogens (tertiary/aromatic N) is 2. The first-order valence-electron chi connectivity index (χ1n) is 10.0. The van der Waals surface area contributed by atoms with Crippen molar-refractivity contribution in [1.82, 2.24) is 9.21 Å². The van der Waals surface area contributed by atoms with Gasteiger partial charge in [0, 0.05) is 31.7 Å². The van der Waals surface area contributed by atoms with Gasteiger partial charge in [-0.05, 0) is 49.4 Å². The monoisotopic (exact) mass is 483 g/mol. The highest BCUT2D eigenvalue weighted by molar-refractivity contribution is 7.89. The molecule has 176 valence electrons. The maximum Gasteiger partial charge on any atom is 0.416 e. The Morgan fingerprint density at radius 1 is 1.06 bits per heavy atom. The standard InChI is InChI=1S/C21H20F3N3O5S/c1-13-19(28)25-17-12-16(6-7-18(17)32-13)33(30,31)27-10-8-26(9-11-27)20(29)14-2-4-15(5-3-14)21(22,23)24/h2-7,12-13H,8-11H2,1H3,(H,25,28)/t13-/m0/s1. The number of fused-ring (bicyclic) bond motifs is 1. The van der Waals surface area contributed by atoms with Gasteiger partial charge in [0.05, 0.1) is 16.1 Å². The zero-order valence-corrected chi connectivity index (χ0v) is 18.2. The van der Waals surface area contributed by atoms with Crippen molar-refractivity contribution in [2.45, 2.75) is 24.1 Å². The van der Waals surface area contributed by atoms with Gasteiger partial charge in [0.15, 0.2) is 6.10 Å². The van der Waals surface area contributed by atoms with Crippen molar-refractivity contribution in [3.8, 4) is 5.75 Å². The summed E-state index contributed by atoms with van der Waals surface area (Å²) in [7, 11) is -3.90. The highest BCUT2D eigenvalue weighted by Crippen LogP contribution is 2.33. The smallest absolute Gasteiger partial charge is 0.416 e. The van der Waals surface area contributed by atoms with Crippen LogP contribution in [0, 0.1) is 0 Å². The molecule has 0 spiro atoms. The quantitative estimate of drug-likeness (QED) is 0.724. The van der Waals surface area contributed by atoms with Crippen LogP contribution in [-0.4, -0.2) is 61.7 Å². The van der Waals surface area contributed by atoms with Gasteiger partial charge in [-0.2, -0.15) is 17.5 Å². The van der Waals surface area contributed by atoms with Crippen LogP contribution < -0.4 is 10.1 Å². The van der Waals surface area contributed by atoms with Crippen LogP contribution in [0.25, 0.3) is 0 Å². The first-order valence-corrected chi connectivity index (χ1v) is 11.5. The number of carbonyl (C=O) groups is 2. The van der Waals surface area contributed by atoms with Gasteiger partial charge in [-0.3, -0.25) is 9.59 Å². The first kappa shape index (κ1) is 23.1. The van der Waals surface area contributed by atoms with Crippen molar-refractivity contribution in [3.63, 3.8) is 0 Å². The second-order valence-corrected chi connectivity index (χ2v) is 9.62. The number of carbonyl (C=O) groups excluding carboxylic acids is 2. The van der Waals surface area contributed by atoms with Crippen LogP contribution in [-0.2, 0) is 21.0 Å². The third-order valence-electron chi connectivity index (χ3n) is 5.50. The predicted octanol–water partition coefficient (Wildman–Crippen LogP) is 2.57. The molecule has 2 aliphatic heterocycles. The van der Waals surface area contributed by atoms with Crippen molar-refractivity contribution in [2.75, 3.05) is 31.5 Å². The van der Waals surface area contributed by atoms with E-state index in [-0.39, 0.29) is 48.2 Å². The Balaban J connectivity index is 1.43. The summed E-state index contributed by atoms with van der Waals surface area (Å²) in [5.41, 5.74) is -0.495. The van der Waals surface area contributed by atoms with Crippen molar-refractivity contribution in [3.05, 3.63) is 53.6 Å². The minimum Gasteiger partial charge on any atom is -0.479 e. The van der Waals surface area contributed by atoms with Gasteiger partial charge in [-0.25, -0.2) is 8.42 Å². The summed E-state index contributed by atoms with van der Waals surface area (Å²) in [6.45, 7) is 1.79. The molecule has 2 heterocycles. The lowest BCUT2D eigenvalue weighted by Crippen LogP contribution is -2.50. The van der Waals surface area contributed by atoms with Gasteiger partial charge in [-0.15, -0.1) is 0 Å². The second-order valence-electron chi connectivity index (χ2n) is 7.68. The van der Waals surface area contributed by atoms with Gasteiger partial charge in [0.25, 0.3) is 11.8 Å². The lowest BCUT2D eigenvalue weighted by molar-refractivity contribution is -0.137. The van der Waals surface area contributed by atoms with Crippen LogP contribution in [0.5, 0.6) is 5.75 Å². The number of benzene rings is 2. The molecule has 0 saturated carbocycles. The molecule has 1 fully saturated rings. The Hall–Kier alpha value is -3.12. The average Bonchev–Trinajstić information content (AvgIpc) is 2.78. The molecule has 12 heteroatoms. The molecule has 33 heavy (non-hydrogen) atoms. The summed E-state index contributed by atoms with van der Waals surface area (Å²) in [6.07, 6.45) is -5.18. The zero-order valence-electron chi connectivity index (χ0n) is 17.4. The van der Waals surface area contributed by atoms with Crippen LogP contribution in [0.4, 0.5) is 18.9 Å². The molecular weight excluding hydrogens is 463 g/mol. The maximum atomic E-state index is 13.1. The van der Waals surface area contributed by atoms with Gasteiger partial charge in [0.2, 0.25) is 10.0 Å². The minimum absolute atomic E-state index is 0.0195. The lowest BCUT2D eigenvalue weighted by Gasteiger charge is -2.34. The van der Waals surface area contributed by atoms with Crippen molar-refractivity contribution >= 4 is 27.5 Å². The van der Waals surface area contributed by atoms with E-state index in [9.17, 15) is 31.2 Å². The largest absolute Gasteiger partial charge is 0.479 e. The summed E-state index contributed by atoms with van der Waals surface area (Å²) in [6, 6.07) is 8.09. The lowest BCUT2D eigenvalue weighted by atomic mass is 10.1. The van der Waals surface area contributed by atoms with E-state index in [1.807, 2.05) is 0 Å². The molecule has 0 radical (unpaired) electrons. The van der Waals surface area contributed by atoms with Crippen molar-refractivity contribution in [1.29, 1.82) is 0 Å². The molecule has 0 unspecified atom stereocenters. The summed E-state index contributed by atoms with van der Waals surface area (Å²) in [5, 5.41) is 2.61. The number of piperazine rings is 1. The Labute approximate surface area is 188 Å². The third-order valence-corrected chi connectivity index (χ3v) is 7.40. The number of halogens is 3. The fourth-order valence-electron chi connectivity index (χ4n) is 3.61. The number of nitrogens with one attached hydrogen (secondary N) is 1. The summed E-state index contributed by atoms with van der Waals surface area (Å²) < 4.78 is 70.9. The van der Waals surface area contributed by atoms with E-state index < -0.39 is 33.8 Å². The molecule has 2 aliphatic rings. The van der Waals surface area contributed by atoms with E-state index in [4.69, 9.17) is 4.74 Å². The Kier molecular flexibility index (Phi) is 5.83. The van der Waals surface area contributed by atoms with Crippen LogP contribution in [0.15, 0.2) is 47.4 Å². The van der Waals surface area contributed by atoms with Crippen LogP contribution in [0.3, 0.4) is 0 Å². The molecule has 2 amide bonds. The zero-order chi connectivity index (χ0) is 24.0. The summed E-state index contributed by atoms with van der Waals surface area (Å²) in [5.74, 6) is -0.482. The highest BCUT2D eigenvalue weighted by Gasteiger charge is 2.33. The fourth-order valence-corrected chi connectivity index (χ4v) is 5.06. The summed E-state index contributed by atoms with van der Waals surface area (Å²) >= 11 is 0. The Morgan fingerprint density at radius 2 is 1.70 bits per heavy atom. The van der Waals surface area contributed by atoms with E-state index in [0.29, 0.717) is 5.75 Å². The van der Waals surface area contributed by atoms with Crippen molar-refractivity contribution in [2.24, 2.45) is 0 Å². The number of rotatable bonds is 3. The minimum atomic E-state index is -4.49. The number of hydrogen-bond acceptors (Lipinski definition) is 5. The molecule has 1 N–H and O–H groups in total. The van der Waals surface area contributed by atoms with E-state index in [0.717, 1.165) is 24.3 Å². The average molecular weight is 483 g/mol. The van der Waals surface area contributed by atoms with E-state index in [1.165, 1.54) is 27.4 Å². The van der Waals surface area contributed by atoms with Crippen molar-refractivity contribution < 1.29 is 35.9 Å². The predicted molar refractivity (Wildman–Crippen MR) is 111 cm³/mol. The molecule has 2 aromatic carbocycles. The van der Waals surface area contributed by atoms with Gasteiger partial charge in [-0.1, -0.05) is 0 Å². The van der Waals surface area contributed by atoms with Gasteiger partial charge in [0.1, 0.15) is 5.75 Å². The fraction of sp³-hybridized carbons (Fsp3) is 0.333. The number of amides is 2. The molecular formula is C21H20F3N3O5S. The SMILES string of the molecule is C[C@@H]1Oc2ccc(S(=O)(=O)N3CCN(C(=O)c4ccc(C(F)(F)F)cc4)CC3)cc2NC1=O. The van der Waals surface area contributed by atoms with E-state index in [2.05, 4.69) is 5.32 Å². The van der Waals surface area contributed by atoms with Crippen LogP contribution >= 0.6 is 0 Å². The summed E-state index contributed by atoms with van der Waals surface area (Å²) in [4.78, 5) is 25.8. The number of sulfonamides is 1. The molecule has 1 saturated heterocycles. The first-order chi connectivity index (χ1) is 15.5. The molecule has 2 aromatic rings. The number of hydrogen-bond donors (Lipinski definition) is 1. The topological polar surface area (TPSA) is 96.0 Å². The normalized spacial score (nSPS) is 19.5. The van der Waals surface area contributed by atoms with Crippen LogP contribution in [0.2, 0.25) is 0 Å². The number of alkyl halides is 3.